The number of amides is 2. The van der Waals surface area contributed by atoms with Crippen molar-refractivity contribution in [3.8, 4) is 0 Å². The number of benzene rings is 3. The van der Waals surface area contributed by atoms with Crippen molar-refractivity contribution in [2.45, 2.75) is 13.3 Å². The third kappa shape index (κ3) is 4.50. The second-order valence-electron chi connectivity index (χ2n) is 7.54. The van der Waals surface area contributed by atoms with Gasteiger partial charge >= 0.3 is 0 Å². The number of hydrogen-bond acceptors (Lipinski definition) is 4. The Labute approximate surface area is 187 Å². The molecule has 32 heavy (non-hydrogen) atoms. The van der Waals surface area contributed by atoms with Gasteiger partial charge in [-0.1, -0.05) is 24.3 Å². The van der Waals surface area contributed by atoms with Crippen molar-refractivity contribution in [3.63, 3.8) is 0 Å². The Kier molecular flexibility index (Phi) is 5.96. The van der Waals surface area contributed by atoms with Gasteiger partial charge < -0.3 is 10.6 Å². The maximum Gasteiger partial charge on any atom is 0.256 e. The molecule has 0 radical (unpaired) electrons. The van der Waals surface area contributed by atoms with Gasteiger partial charge in [0.05, 0.1) is 11.4 Å². The maximum absolute atomic E-state index is 12.8. The molecule has 0 aromatic heterocycles. The molecule has 2 N–H and O–H groups in total. The van der Waals surface area contributed by atoms with Crippen LogP contribution >= 0.6 is 0 Å². The highest BCUT2D eigenvalue weighted by Crippen LogP contribution is 2.25. The van der Waals surface area contributed by atoms with Crippen molar-refractivity contribution in [3.05, 3.63) is 89.5 Å². The summed E-state index contributed by atoms with van der Waals surface area (Å²) in [6.07, 6.45) is 0.595. The first-order chi connectivity index (χ1) is 15.3. The third-order valence-corrected chi connectivity index (χ3v) is 7.24. The average molecular weight is 450 g/mol. The summed E-state index contributed by atoms with van der Waals surface area (Å²) in [5.41, 5.74) is 3.27. The van der Waals surface area contributed by atoms with Crippen LogP contribution < -0.4 is 14.9 Å². The predicted octanol–water partition coefficient (Wildman–Crippen LogP) is 4.04. The van der Waals surface area contributed by atoms with E-state index < -0.39 is 10.0 Å². The number of nitrogens with one attached hydrogen (secondary N) is 2. The number of carbonyl (C=O) groups is 2. The Balaban J connectivity index is 1.49. The standard InChI is InChI=1S/C24H23N3O4S/c1-17-21(24(29)25-19-7-3-2-4-8-19)9-5-10-22(17)26-23(28)18-11-13-20(14-12-18)27-15-6-16-32(27,30)31/h2-5,7-14H,6,15-16H2,1H3,(H,25,29)(H,26,28). The van der Waals surface area contributed by atoms with Gasteiger partial charge in [-0.3, -0.25) is 13.9 Å². The summed E-state index contributed by atoms with van der Waals surface area (Å²) in [5.74, 6) is -0.464. The highest BCUT2D eigenvalue weighted by atomic mass is 32.2. The molecule has 1 aliphatic heterocycles. The zero-order chi connectivity index (χ0) is 22.7. The fourth-order valence-corrected chi connectivity index (χ4v) is 5.20. The predicted molar refractivity (Wildman–Crippen MR) is 126 cm³/mol. The summed E-state index contributed by atoms with van der Waals surface area (Å²) in [7, 11) is -3.27. The summed E-state index contributed by atoms with van der Waals surface area (Å²) in [5, 5.41) is 5.69. The first-order valence-electron chi connectivity index (χ1n) is 10.2. The lowest BCUT2D eigenvalue weighted by atomic mass is 10.1. The van der Waals surface area contributed by atoms with E-state index in [0.29, 0.717) is 46.7 Å². The van der Waals surface area contributed by atoms with Crippen LogP contribution in [-0.4, -0.2) is 32.5 Å². The van der Waals surface area contributed by atoms with Crippen molar-refractivity contribution >= 4 is 38.9 Å². The molecule has 0 bridgehead atoms. The minimum Gasteiger partial charge on any atom is -0.322 e. The fourth-order valence-electron chi connectivity index (χ4n) is 3.64. The number of rotatable bonds is 5. The molecule has 1 saturated heterocycles. The van der Waals surface area contributed by atoms with Crippen LogP contribution in [0.15, 0.2) is 72.8 Å². The second kappa shape index (κ2) is 8.84. The van der Waals surface area contributed by atoms with Crippen molar-refractivity contribution in [1.29, 1.82) is 0 Å². The summed E-state index contributed by atoms with van der Waals surface area (Å²) in [6.45, 7) is 2.22. The smallest absolute Gasteiger partial charge is 0.256 e. The quantitative estimate of drug-likeness (QED) is 0.615. The minimum absolute atomic E-state index is 0.142. The molecule has 1 fully saturated rings. The Bertz CT molecular complexity index is 1260. The van der Waals surface area contributed by atoms with E-state index in [1.807, 2.05) is 18.2 Å². The van der Waals surface area contributed by atoms with Crippen LogP contribution in [0.5, 0.6) is 0 Å². The summed E-state index contributed by atoms with van der Waals surface area (Å²) >= 11 is 0. The average Bonchev–Trinajstić information content (AvgIpc) is 3.14. The summed E-state index contributed by atoms with van der Waals surface area (Å²) < 4.78 is 25.5. The number of hydrogen-bond donors (Lipinski definition) is 2. The van der Waals surface area contributed by atoms with Crippen molar-refractivity contribution in [2.75, 3.05) is 27.2 Å². The zero-order valence-electron chi connectivity index (χ0n) is 17.5. The van der Waals surface area contributed by atoms with Gasteiger partial charge in [-0.25, -0.2) is 8.42 Å². The number of para-hydroxylation sites is 1. The molecule has 4 rings (SSSR count). The highest BCUT2D eigenvalue weighted by Gasteiger charge is 2.28. The van der Waals surface area contributed by atoms with Gasteiger partial charge in [0.25, 0.3) is 11.8 Å². The Morgan fingerprint density at radius 2 is 1.56 bits per heavy atom. The number of carbonyl (C=O) groups excluding carboxylic acids is 2. The highest BCUT2D eigenvalue weighted by molar-refractivity contribution is 7.93. The second-order valence-corrected chi connectivity index (χ2v) is 9.55. The van der Waals surface area contributed by atoms with E-state index in [1.54, 1.807) is 61.5 Å². The largest absolute Gasteiger partial charge is 0.322 e. The maximum atomic E-state index is 12.8. The van der Waals surface area contributed by atoms with E-state index in [2.05, 4.69) is 10.6 Å². The molecule has 0 atom stereocenters. The topological polar surface area (TPSA) is 95.6 Å². The first kappa shape index (κ1) is 21.6. The van der Waals surface area contributed by atoms with Crippen LogP contribution in [0.2, 0.25) is 0 Å². The SMILES string of the molecule is Cc1c(NC(=O)c2ccc(N3CCCS3(=O)=O)cc2)cccc1C(=O)Nc1ccccc1. The first-order valence-corrected chi connectivity index (χ1v) is 11.8. The summed E-state index contributed by atoms with van der Waals surface area (Å²) in [6, 6.07) is 20.8. The molecule has 2 amide bonds. The third-order valence-electron chi connectivity index (χ3n) is 5.38. The molecule has 1 aliphatic rings. The van der Waals surface area contributed by atoms with Crippen LogP contribution in [0.3, 0.4) is 0 Å². The number of anilines is 3. The Morgan fingerprint density at radius 3 is 2.22 bits per heavy atom. The lowest BCUT2D eigenvalue weighted by molar-refractivity contribution is 0.101. The van der Waals surface area contributed by atoms with Crippen LogP contribution in [0.4, 0.5) is 17.1 Å². The number of sulfonamides is 1. The molecular formula is C24H23N3O4S. The fraction of sp³-hybridized carbons (Fsp3) is 0.167. The van der Waals surface area contributed by atoms with E-state index in [4.69, 9.17) is 0 Å². The van der Waals surface area contributed by atoms with Gasteiger partial charge in [0.2, 0.25) is 10.0 Å². The molecule has 3 aromatic rings. The van der Waals surface area contributed by atoms with E-state index >= 15 is 0 Å². The van der Waals surface area contributed by atoms with Gasteiger partial charge in [0.1, 0.15) is 0 Å². The van der Waals surface area contributed by atoms with Gasteiger partial charge in [0, 0.05) is 29.0 Å². The normalized spacial score (nSPS) is 14.7. The minimum atomic E-state index is -3.27. The van der Waals surface area contributed by atoms with Gasteiger partial charge in [-0.2, -0.15) is 0 Å². The number of nitrogens with zero attached hydrogens (tertiary/aromatic N) is 1. The van der Waals surface area contributed by atoms with Crippen LogP contribution in [0.25, 0.3) is 0 Å². The van der Waals surface area contributed by atoms with E-state index in [9.17, 15) is 18.0 Å². The molecule has 164 valence electrons. The lowest BCUT2D eigenvalue weighted by Gasteiger charge is -2.17. The van der Waals surface area contributed by atoms with Gasteiger partial charge in [0.15, 0.2) is 0 Å². The molecule has 0 unspecified atom stereocenters. The molecule has 0 spiro atoms. The van der Waals surface area contributed by atoms with E-state index in [0.717, 1.165) is 0 Å². The van der Waals surface area contributed by atoms with Gasteiger partial charge in [-0.15, -0.1) is 0 Å². The summed E-state index contributed by atoms with van der Waals surface area (Å²) in [4.78, 5) is 25.4. The molecule has 8 heteroatoms. The Hall–Kier alpha value is -3.65. The molecule has 0 aliphatic carbocycles. The lowest BCUT2D eigenvalue weighted by Crippen LogP contribution is -2.25. The zero-order valence-corrected chi connectivity index (χ0v) is 18.4. The molecule has 3 aromatic carbocycles. The van der Waals surface area contributed by atoms with Crippen molar-refractivity contribution in [1.82, 2.24) is 0 Å². The monoisotopic (exact) mass is 449 g/mol. The molecule has 0 saturated carbocycles. The van der Waals surface area contributed by atoms with Crippen molar-refractivity contribution < 1.29 is 18.0 Å². The molecular weight excluding hydrogens is 426 g/mol. The van der Waals surface area contributed by atoms with Crippen LogP contribution in [-0.2, 0) is 10.0 Å². The van der Waals surface area contributed by atoms with Crippen LogP contribution in [0.1, 0.15) is 32.7 Å². The molecule has 1 heterocycles. The van der Waals surface area contributed by atoms with Gasteiger partial charge in [-0.05, 0) is 67.4 Å². The molecule has 7 nitrogen and oxygen atoms in total. The van der Waals surface area contributed by atoms with E-state index in [1.165, 1.54) is 4.31 Å². The van der Waals surface area contributed by atoms with Crippen LogP contribution in [0, 0.1) is 6.92 Å². The van der Waals surface area contributed by atoms with E-state index in [-0.39, 0.29) is 17.6 Å². The van der Waals surface area contributed by atoms with Crippen molar-refractivity contribution in [2.24, 2.45) is 0 Å². The Morgan fingerprint density at radius 1 is 0.844 bits per heavy atom.